The van der Waals surface area contributed by atoms with E-state index in [0.717, 1.165) is 31.8 Å². The van der Waals surface area contributed by atoms with Gasteiger partial charge in [0.25, 0.3) is 25.9 Å². The Hall–Kier alpha value is -12.8. The fourth-order valence-corrected chi connectivity index (χ4v) is 10.5. The second-order valence-corrected chi connectivity index (χ2v) is 23.8. The first-order valence-corrected chi connectivity index (χ1v) is 33.2. The number of aliphatic hydroxyl groups is 4. The topological polar surface area (TPSA) is 696 Å². The minimum atomic E-state index is -2.49. The van der Waals surface area contributed by atoms with Crippen LogP contribution in [0.3, 0.4) is 0 Å². The molecule has 0 radical (unpaired) electrons. The van der Waals surface area contributed by atoms with Crippen molar-refractivity contribution >= 4 is 103 Å². The van der Waals surface area contributed by atoms with Gasteiger partial charge in [-0.3, -0.25) is 52.1 Å². The van der Waals surface area contributed by atoms with Crippen LogP contribution in [0.25, 0.3) is 31.3 Å². The van der Waals surface area contributed by atoms with E-state index in [1.165, 1.54) is 74.9 Å². The van der Waals surface area contributed by atoms with Crippen molar-refractivity contribution in [2.45, 2.75) is 123 Å². The molecule has 8 rings (SSSR count). The maximum Gasteiger partial charge on any atom is 0.351 e. The number of benzene rings is 2. The number of carbonyl (C=O) groups is 10. The Morgan fingerprint density at radius 2 is 1.05 bits per heavy atom. The molecule has 3 saturated heterocycles. The van der Waals surface area contributed by atoms with Gasteiger partial charge in [-0.15, -0.1) is 12.4 Å². The lowest BCUT2D eigenvalue weighted by Gasteiger charge is -2.28. The minimum Gasteiger partial charge on any atom is -0.481 e. The van der Waals surface area contributed by atoms with E-state index in [4.69, 9.17) is 61.9 Å². The number of aliphatic hydroxyl groups excluding tert-OH is 4. The number of hydrogen-bond acceptors (Lipinski definition) is 39. The van der Waals surface area contributed by atoms with Gasteiger partial charge in [-0.25, -0.2) is 37.1 Å². The standard InChI is InChI=1S/C29H26ClFN6O10.C15H19FN6O8.C13H15FN6O8.C6H11NO4.ClH/c1-43-22(39)13-20(14-44-16-38)33-21-10-11-37(28(42)34-21)25-23(31)24(46-27(41)17-6-3-2-4-7-17)29(47-25,35-36-32)15-45-26(40)18-8-5-9-19(30)12-18;1-28-10(25)4-8(5-29-7-24)18-9-2-3-22(14(27)19-9)13-11(16)12(26)15(6-23,30-13)20-21-17;14-9-10(25)13(4-21,18-19-15)28-11(9)20-2-1-6(17-12(20)26)16-7(27-5-22)3-8(23)24;1-10-6(9)5(7)2-3-11-4-8;/h2-12,16,20,23-25H,13-15H2,1H3,(H,33,34,42);2-3,7-8,11-13,23,26H,4-6H2,1H3,(H,18,19,27);1-2,5,7,9-11,21,25H,3-4H2,(H,23,24)(H,16,17,26);4-5H,2-3,7H2,1H3;1H/t20-,23-,24?,25?,29+;8-,11-,12?,13?,15+;7-,9+,10?,11?,13-;5-;/m0010./s1. The molecule has 2 aromatic carbocycles. The molecule has 6 unspecified atom stereocenters. The van der Waals surface area contributed by atoms with Crippen LogP contribution in [0.2, 0.25) is 5.02 Å². The SMILES string of the molecule is COC(=O)C[C@@H](COC=O)Nc1ccn(C2O[C@@](CO)(N=[N+]=[N-])C(O)[C@@H]2F)c(=O)n1.COC(=O)C[C@@H](COC=O)Nc1ccn(C2O[C@@](COC(=O)c3cccc(Cl)c3)(N=[N+]=[N-])C(OC(=O)c3ccccc3)[C@@H]2F)c(=O)n1.COC(=O)[C@@H](N)CCOC=O.Cl.[N-]=[N+]=N[C@]1(CO)OC(n2ccc(N[C@@H](CC(=O)O)OC=O)nc2=O)[C@@H](F)C1O. The molecule has 0 aliphatic carbocycles. The molecule has 117 heavy (non-hydrogen) atoms. The average molecular weight is 1700 g/mol. The molecule has 634 valence electrons. The van der Waals surface area contributed by atoms with Gasteiger partial charge in [0.1, 0.15) is 61.9 Å². The van der Waals surface area contributed by atoms with Gasteiger partial charge in [-0.05, 0) is 65.1 Å². The van der Waals surface area contributed by atoms with Crippen molar-refractivity contribution in [2.24, 2.45) is 21.1 Å². The molecule has 0 amide bonds. The van der Waals surface area contributed by atoms with E-state index in [9.17, 15) is 97.1 Å². The summed E-state index contributed by atoms with van der Waals surface area (Å²) >= 11 is 5.95. The quantitative estimate of drug-likeness (QED) is 0.00383. The molecule has 0 bridgehead atoms. The number of methoxy groups -OCH3 is 3. The molecule has 3 aliphatic rings. The molecule has 3 aromatic heterocycles. The molecular formula is C63H72Cl2F3N19O30. The molecule has 49 nitrogen and oxygen atoms in total. The van der Waals surface area contributed by atoms with Crippen LogP contribution in [0, 0.1) is 0 Å². The number of carbonyl (C=O) groups excluding carboxylic acids is 9. The summed E-state index contributed by atoms with van der Waals surface area (Å²) < 4.78 is 106. The number of nitrogens with zero attached hydrogens (tertiary/aromatic N) is 15. The fourth-order valence-electron chi connectivity index (χ4n) is 10.3. The van der Waals surface area contributed by atoms with Gasteiger partial charge in [0, 0.05) is 44.8 Å². The monoisotopic (exact) mass is 1700 g/mol. The average Bonchev–Trinajstić information content (AvgIpc) is 1.61. The smallest absolute Gasteiger partial charge is 0.351 e. The van der Waals surface area contributed by atoms with Crippen LogP contribution < -0.4 is 38.8 Å². The van der Waals surface area contributed by atoms with Crippen molar-refractivity contribution in [3.05, 3.63) is 170 Å². The Balaban J connectivity index is 0.000000358. The van der Waals surface area contributed by atoms with Gasteiger partial charge in [0.05, 0.1) is 77.2 Å². The van der Waals surface area contributed by atoms with Crippen LogP contribution in [0.1, 0.15) is 65.1 Å². The highest BCUT2D eigenvalue weighted by Crippen LogP contribution is 2.44. The number of nitrogens with one attached hydrogen (secondary N) is 3. The number of anilines is 3. The molecule has 16 atom stereocenters. The number of esters is 5. The highest BCUT2D eigenvalue weighted by Gasteiger charge is 2.61. The normalized spacial score (nSPS) is 22.7. The first-order chi connectivity index (χ1) is 55.4. The Labute approximate surface area is 664 Å². The van der Waals surface area contributed by atoms with Gasteiger partial charge < -0.3 is 104 Å². The van der Waals surface area contributed by atoms with E-state index < -0.39 is 176 Å². The number of alkyl halides is 3. The van der Waals surface area contributed by atoms with E-state index in [-0.39, 0.29) is 105 Å². The number of halogens is 5. The third-order valence-corrected chi connectivity index (χ3v) is 16.1. The summed E-state index contributed by atoms with van der Waals surface area (Å²) in [5.41, 5.74) is 21.6. The van der Waals surface area contributed by atoms with Gasteiger partial charge in [-0.2, -0.15) is 15.0 Å². The second kappa shape index (κ2) is 47.1. The largest absolute Gasteiger partial charge is 0.481 e. The lowest BCUT2D eigenvalue weighted by Crippen LogP contribution is -2.47. The predicted molar refractivity (Wildman–Crippen MR) is 383 cm³/mol. The van der Waals surface area contributed by atoms with Gasteiger partial charge in [0.2, 0.25) is 17.2 Å². The lowest BCUT2D eigenvalue weighted by molar-refractivity contribution is -0.144. The molecule has 6 heterocycles. The minimum absolute atomic E-state index is 0. The van der Waals surface area contributed by atoms with Gasteiger partial charge in [0.15, 0.2) is 49.5 Å². The number of aliphatic carboxylic acids is 1. The van der Waals surface area contributed by atoms with Crippen LogP contribution in [-0.4, -0.2) is 255 Å². The number of nitrogens with two attached hydrogens (primary N) is 1. The third kappa shape index (κ3) is 26.6. The van der Waals surface area contributed by atoms with Gasteiger partial charge in [-0.1, -0.05) is 51.2 Å². The van der Waals surface area contributed by atoms with E-state index in [1.54, 1.807) is 6.07 Å². The van der Waals surface area contributed by atoms with Crippen molar-refractivity contribution in [3.63, 3.8) is 0 Å². The lowest BCUT2D eigenvalue weighted by atomic mass is 10.1. The number of rotatable bonds is 38. The van der Waals surface area contributed by atoms with Crippen LogP contribution in [0.15, 0.2) is 121 Å². The summed E-state index contributed by atoms with van der Waals surface area (Å²) in [4.78, 5) is 168. The molecule has 54 heteroatoms. The summed E-state index contributed by atoms with van der Waals surface area (Å²) in [5.74, 6) is -5.34. The van der Waals surface area contributed by atoms with Crippen LogP contribution in [0.4, 0.5) is 30.6 Å². The van der Waals surface area contributed by atoms with E-state index in [1.807, 2.05) is 0 Å². The third-order valence-electron chi connectivity index (χ3n) is 15.9. The highest BCUT2D eigenvalue weighted by molar-refractivity contribution is 6.30. The zero-order valence-electron chi connectivity index (χ0n) is 60.7. The van der Waals surface area contributed by atoms with Crippen molar-refractivity contribution < 1.29 is 143 Å². The van der Waals surface area contributed by atoms with Crippen LogP contribution in [0.5, 0.6) is 0 Å². The van der Waals surface area contributed by atoms with Gasteiger partial charge >= 0.3 is 52.9 Å². The summed E-state index contributed by atoms with van der Waals surface area (Å²) in [5, 5.41) is 65.1. The number of hydrogen-bond donors (Lipinski definition) is 9. The number of azide groups is 3. The number of carboxylic acids is 1. The Morgan fingerprint density at radius 1 is 0.615 bits per heavy atom. The summed E-state index contributed by atoms with van der Waals surface area (Å²) in [6.45, 7) is -2.72. The van der Waals surface area contributed by atoms with Crippen LogP contribution >= 0.6 is 24.0 Å². The van der Waals surface area contributed by atoms with Crippen molar-refractivity contribution in [2.75, 3.05) is 76.9 Å². The molecule has 5 aromatic rings. The first-order valence-electron chi connectivity index (χ1n) is 32.8. The molecule has 10 N–H and O–H groups in total. The fraction of sp³-hybridized carbons (Fsp3) is 0.460. The van der Waals surface area contributed by atoms with Crippen LogP contribution in [-0.2, 0) is 95.2 Å². The second-order valence-electron chi connectivity index (χ2n) is 23.4. The van der Waals surface area contributed by atoms with E-state index in [2.05, 4.69) is 89.4 Å². The number of ether oxygens (including phenoxy) is 12. The maximum absolute atomic E-state index is 16.3. The zero-order chi connectivity index (χ0) is 85.9. The van der Waals surface area contributed by atoms with E-state index in [0.29, 0.717) is 20.2 Å². The van der Waals surface area contributed by atoms with E-state index >= 15 is 4.39 Å². The first kappa shape index (κ1) is 96.5. The number of carboxylic acid groups (broad SMARTS) is 1. The van der Waals surface area contributed by atoms with Crippen molar-refractivity contribution in [1.82, 2.24) is 28.7 Å². The zero-order valence-corrected chi connectivity index (χ0v) is 62.3. The summed E-state index contributed by atoms with van der Waals surface area (Å²) in [6.07, 6.45) is -17.3. The molecule has 3 fully saturated rings. The summed E-state index contributed by atoms with van der Waals surface area (Å²) in [6, 6.07) is 14.4. The highest BCUT2D eigenvalue weighted by atomic mass is 35.5. The Bertz CT molecular complexity index is 4580. The maximum atomic E-state index is 16.3. The summed E-state index contributed by atoms with van der Waals surface area (Å²) in [7, 11) is 3.59. The molecular weight excluding hydrogens is 1630 g/mol. The predicted octanol–water partition coefficient (Wildman–Crippen LogP) is 0.683. The Morgan fingerprint density at radius 3 is 1.45 bits per heavy atom. The molecule has 3 aliphatic heterocycles. The Kier molecular flexibility index (Phi) is 38.9. The van der Waals surface area contributed by atoms with Crippen molar-refractivity contribution in [1.29, 1.82) is 0 Å². The number of aromatic nitrogens is 6. The molecule has 0 saturated carbocycles. The van der Waals surface area contributed by atoms with Crippen molar-refractivity contribution in [3.8, 4) is 0 Å². The molecule has 0 spiro atoms.